The van der Waals surface area contributed by atoms with Crippen molar-refractivity contribution in [1.82, 2.24) is 10.6 Å². The maximum atomic E-state index is 12.2. The molecule has 0 heterocycles. The number of carbonyl (C=O) groups excluding carboxylic acids is 1. The minimum atomic E-state index is 0.0904. The average Bonchev–Trinajstić information content (AvgIpc) is 2.71. The van der Waals surface area contributed by atoms with Gasteiger partial charge in [0.2, 0.25) is 5.91 Å². The van der Waals surface area contributed by atoms with Crippen LogP contribution in [-0.4, -0.2) is 31.3 Å². The molecule has 0 aromatic heterocycles. The van der Waals surface area contributed by atoms with Crippen molar-refractivity contribution in [2.75, 3.05) is 25.4 Å². The van der Waals surface area contributed by atoms with Gasteiger partial charge in [-0.05, 0) is 40.6 Å². The van der Waals surface area contributed by atoms with Gasteiger partial charge in [-0.1, -0.05) is 68.3 Å². The first kappa shape index (κ1) is 19.7. The van der Waals surface area contributed by atoms with Gasteiger partial charge in [-0.2, -0.15) is 0 Å². The normalized spacial score (nSPS) is 11.1. The second kappa shape index (κ2) is 10.3. The Kier molecular flexibility index (Phi) is 7.55. The Morgan fingerprint density at radius 1 is 0.889 bits per heavy atom. The zero-order valence-electron chi connectivity index (χ0n) is 16.0. The molecule has 3 nitrogen and oxygen atoms in total. The van der Waals surface area contributed by atoms with Crippen molar-refractivity contribution >= 4 is 39.2 Å². The molecule has 0 unspecified atom stereocenters. The van der Waals surface area contributed by atoms with Crippen molar-refractivity contribution in [3.8, 4) is 0 Å². The molecule has 0 radical (unpaired) electrons. The SMILES string of the molecule is CCCCCNCCNC(=O)CSc1cc2ccccc2c2ccccc12. The minimum absolute atomic E-state index is 0.0904. The lowest BCUT2D eigenvalue weighted by Gasteiger charge is -2.11. The molecule has 0 aliphatic carbocycles. The summed E-state index contributed by atoms with van der Waals surface area (Å²) in [6, 6.07) is 19.1. The number of rotatable bonds is 10. The minimum Gasteiger partial charge on any atom is -0.354 e. The molecular weight excluding hydrogens is 352 g/mol. The molecule has 4 heteroatoms. The summed E-state index contributed by atoms with van der Waals surface area (Å²) >= 11 is 1.62. The third-order valence-electron chi connectivity index (χ3n) is 4.67. The molecule has 3 rings (SSSR count). The van der Waals surface area contributed by atoms with Gasteiger partial charge in [0.05, 0.1) is 5.75 Å². The van der Waals surface area contributed by atoms with E-state index >= 15 is 0 Å². The highest BCUT2D eigenvalue weighted by molar-refractivity contribution is 8.00. The molecule has 1 amide bonds. The van der Waals surface area contributed by atoms with Gasteiger partial charge in [0.1, 0.15) is 0 Å². The van der Waals surface area contributed by atoms with Crippen LogP contribution in [0.3, 0.4) is 0 Å². The third-order valence-corrected chi connectivity index (χ3v) is 5.73. The summed E-state index contributed by atoms with van der Waals surface area (Å²) in [7, 11) is 0. The fourth-order valence-electron chi connectivity index (χ4n) is 3.25. The molecule has 0 saturated carbocycles. The Bertz CT molecular complexity index is 894. The van der Waals surface area contributed by atoms with Crippen LogP contribution >= 0.6 is 11.8 Å². The van der Waals surface area contributed by atoms with E-state index in [0.717, 1.165) is 18.0 Å². The molecule has 0 atom stereocenters. The Hall–Kier alpha value is -2.04. The van der Waals surface area contributed by atoms with Crippen LogP contribution in [0, 0.1) is 0 Å². The van der Waals surface area contributed by atoms with Crippen LogP contribution in [0.2, 0.25) is 0 Å². The van der Waals surface area contributed by atoms with Crippen molar-refractivity contribution in [1.29, 1.82) is 0 Å². The van der Waals surface area contributed by atoms with E-state index < -0.39 is 0 Å². The van der Waals surface area contributed by atoms with Crippen LogP contribution in [0.15, 0.2) is 59.5 Å². The number of carbonyl (C=O) groups is 1. The molecule has 0 saturated heterocycles. The Morgan fingerprint density at radius 3 is 2.44 bits per heavy atom. The largest absolute Gasteiger partial charge is 0.354 e. The van der Waals surface area contributed by atoms with Crippen molar-refractivity contribution in [3.05, 3.63) is 54.6 Å². The number of unbranched alkanes of at least 4 members (excludes halogenated alkanes) is 2. The van der Waals surface area contributed by atoms with E-state index in [0.29, 0.717) is 12.3 Å². The molecule has 27 heavy (non-hydrogen) atoms. The molecule has 0 fully saturated rings. The number of benzene rings is 3. The molecule has 2 N–H and O–H groups in total. The standard InChI is InChI=1S/C23H28N2OS/c1-2-3-8-13-24-14-15-25-23(26)17-27-22-16-18-9-4-5-10-19(18)20-11-6-7-12-21(20)22/h4-7,9-12,16,24H,2-3,8,13-15,17H2,1H3,(H,25,26). The van der Waals surface area contributed by atoms with E-state index in [2.05, 4.69) is 72.2 Å². The number of fused-ring (bicyclic) bond motifs is 3. The summed E-state index contributed by atoms with van der Waals surface area (Å²) in [4.78, 5) is 13.4. The number of thioether (sulfide) groups is 1. The summed E-state index contributed by atoms with van der Waals surface area (Å²) in [5.41, 5.74) is 0. The van der Waals surface area contributed by atoms with Crippen LogP contribution in [0.5, 0.6) is 0 Å². The molecule has 0 aliphatic rings. The fourth-order valence-corrected chi connectivity index (χ4v) is 4.18. The van der Waals surface area contributed by atoms with Gasteiger partial charge in [-0.25, -0.2) is 0 Å². The van der Waals surface area contributed by atoms with Crippen LogP contribution in [0.1, 0.15) is 26.2 Å². The molecule has 0 aliphatic heterocycles. The van der Waals surface area contributed by atoms with E-state index in [9.17, 15) is 4.79 Å². The lowest BCUT2D eigenvalue weighted by molar-refractivity contribution is -0.118. The molecule has 3 aromatic carbocycles. The average molecular weight is 381 g/mol. The Balaban J connectivity index is 1.56. The van der Waals surface area contributed by atoms with Gasteiger partial charge in [0.15, 0.2) is 0 Å². The Labute approximate surface area is 165 Å². The van der Waals surface area contributed by atoms with Crippen molar-refractivity contribution < 1.29 is 4.79 Å². The van der Waals surface area contributed by atoms with Crippen molar-refractivity contribution in [3.63, 3.8) is 0 Å². The topological polar surface area (TPSA) is 41.1 Å². The van der Waals surface area contributed by atoms with Gasteiger partial charge >= 0.3 is 0 Å². The summed E-state index contributed by atoms with van der Waals surface area (Å²) in [5, 5.41) is 11.3. The first-order chi connectivity index (χ1) is 13.3. The maximum Gasteiger partial charge on any atom is 0.230 e. The third kappa shape index (κ3) is 5.47. The molecule has 3 aromatic rings. The van der Waals surface area contributed by atoms with E-state index in [1.165, 1.54) is 40.8 Å². The predicted octanol–water partition coefficient (Wildman–Crippen LogP) is 4.98. The highest BCUT2D eigenvalue weighted by atomic mass is 32.2. The summed E-state index contributed by atoms with van der Waals surface area (Å²) in [6.07, 6.45) is 3.70. The van der Waals surface area contributed by atoms with Crippen LogP contribution in [0.4, 0.5) is 0 Å². The summed E-state index contributed by atoms with van der Waals surface area (Å²) < 4.78 is 0. The predicted molar refractivity (Wildman–Crippen MR) is 118 cm³/mol. The lowest BCUT2D eigenvalue weighted by atomic mass is 10.0. The maximum absolute atomic E-state index is 12.2. The van der Waals surface area contributed by atoms with E-state index in [1.54, 1.807) is 11.8 Å². The number of amides is 1. The van der Waals surface area contributed by atoms with Gasteiger partial charge < -0.3 is 10.6 Å². The summed E-state index contributed by atoms with van der Waals surface area (Å²) in [6.45, 7) is 4.75. The van der Waals surface area contributed by atoms with Crippen LogP contribution in [-0.2, 0) is 4.79 Å². The summed E-state index contributed by atoms with van der Waals surface area (Å²) in [5.74, 6) is 0.533. The van der Waals surface area contributed by atoms with E-state index in [1.807, 2.05) is 0 Å². The smallest absolute Gasteiger partial charge is 0.230 e. The lowest BCUT2D eigenvalue weighted by Crippen LogP contribution is -2.33. The zero-order chi connectivity index (χ0) is 18.9. The van der Waals surface area contributed by atoms with Gasteiger partial charge in [0.25, 0.3) is 0 Å². The van der Waals surface area contributed by atoms with Crippen LogP contribution in [0.25, 0.3) is 21.5 Å². The number of nitrogens with one attached hydrogen (secondary N) is 2. The highest BCUT2D eigenvalue weighted by Gasteiger charge is 2.09. The molecule has 0 spiro atoms. The molecular formula is C23H28N2OS. The second-order valence-electron chi connectivity index (χ2n) is 6.74. The van der Waals surface area contributed by atoms with Crippen molar-refractivity contribution in [2.45, 2.75) is 31.1 Å². The number of hydrogen-bond donors (Lipinski definition) is 2. The fraction of sp³-hybridized carbons (Fsp3) is 0.348. The molecule has 142 valence electrons. The zero-order valence-corrected chi connectivity index (χ0v) is 16.8. The number of hydrogen-bond acceptors (Lipinski definition) is 3. The van der Waals surface area contributed by atoms with E-state index in [-0.39, 0.29) is 5.91 Å². The second-order valence-corrected chi connectivity index (χ2v) is 7.75. The highest BCUT2D eigenvalue weighted by Crippen LogP contribution is 2.34. The van der Waals surface area contributed by atoms with Crippen LogP contribution < -0.4 is 10.6 Å². The first-order valence-corrected chi connectivity index (χ1v) is 10.8. The van der Waals surface area contributed by atoms with Gasteiger partial charge in [-0.3, -0.25) is 4.79 Å². The monoisotopic (exact) mass is 380 g/mol. The quantitative estimate of drug-likeness (QED) is 0.296. The van der Waals surface area contributed by atoms with Crippen molar-refractivity contribution in [2.24, 2.45) is 0 Å². The first-order valence-electron chi connectivity index (χ1n) is 9.80. The van der Waals surface area contributed by atoms with E-state index in [4.69, 9.17) is 0 Å². The Morgan fingerprint density at radius 2 is 1.63 bits per heavy atom. The van der Waals surface area contributed by atoms with Gasteiger partial charge in [0, 0.05) is 18.0 Å². The molecule has 0 bridgehead atoms. The van der Waals surface area contributed by atoms with Gasteiger partial charge in [-0.15, -0.1) is 11.8 Å².